The van der Waals surface area contributed by atoms with E-state index in [2.05, 4.69) is 99.2 Å². The fourth-order valence-corrected chi connectivity index (χ4v) is 22.5. The lowest BCUT2D eigenvalue weighted by Gasteiger charge is -2.47. The number of carbonyl (C=O) groups excluding carboxylic acids is 2. The van der Waals surface area contributed by atoms with Crippen LogP contribution in [0.2, 0.25) is 0 Å². The fourth-order valence-electron chi connectivity index (χ4n) is 22.5. The van der Waals surface area contributed by atoms with Gasteiger partial charge < -0.3 is 96.8 Å². The quantitative estimate of drug-likeness (QED) is 0.109. The van der Waals surface area contributed by atoms with Crippen molar-refractivity contribution in [1.82, 2.24) is 0 Å². The van der Waals surface area contributed by atoms with Crippen molar-refractivity contribution in [2.24, 2.45) is 41.2 Å². The molecule has 4 unspecified atom stereocenters. The molecule has 20 saturated heterocycles. The highest BCUT2D eigenvalue weighted by Gasteiger charge is 2.71. The van der Waals surface area contributed by atoms with Crippen LogP contribution < -0.4 is 5.73 Å². The third-order valence-electron chi connectivity index (χ3n) is 28.3. The number of nitrogens with two attached hydrogens (primary N) is 1. The van der Waals surface area contributed by atoms with Crippen molar-refractivity contribution in [2.45, 2.75) is 397 Å². The van der Waals surface area contributed by atoms with Crippen molar-refractivity contribution in [1.29, 1.82) is 0 Å². The van der Waals surface area contributed by atoms with E-state index >= 15 is 0 Å². The van der Waals surface area contributed by atoms with Gasteiger partial charge in [0.15, 0.2) is 11.6 Å². The molecular weight excluding hydrogens is 1590 g/mol. The van der Waals surface area contributed by atoms with Crippen molar-refractivity contribution < 1.29 is 101 Å². The summed E-state index contributed by atoms with van der Waals surface area (Å²) in [5, 5.41) is 30.5. The van der Waals surface area contributed by atoms with Crippen LogP contribution in [-0.4, -0.2) is 237 Å². The Balaban J connectivity index is 0.000000162. The third kappa shape index (κ3) is 16.2. The van der Waals surface area contributed by atoms with Crippen LogP contribution in [-0.2, 0) is 85.4 Å². The molecule has 20 rings (SSSR count). The molecule has 0 saturated carbocycles. The normalized spacial score (nSPS) is 51.3. The molecule has 0 aromatic rings. The van der Waals surface area contributed by atoms with Crippen LogP contribution in [0.5, 0.6) is 0 Å². The topological polar surface area (TPSA) is 269 Å². The molecule has 38 atom stereocenters. The zero-order valence-electron chi connectivity index (χ0n) is 62.1. The summed E-state index contributed by atoms with van der Waals surface area (Å²) in [6.07, 6.45) is 12.1. The molecule has 0 amide bonds. The number of hydrogen-bond acceptors (Lipinski definition) is 22. The number of rotatable bonds is 6. The number of ether oxygens (including phenoxy) is 16. The largest absolute Gasteiger partial charge is 0.394 e. The van der Waals surface area contributed by atoms with Crippen molar-refractivity contribution in [3.05, 3.63) is 48.6 Å². The Kier molecular flexibility index (Phi) is 25.2. The van der Waals surface area contributed by atoms with Crippen molar-refractivity contribution in [3.8, 4) is 0 Å². The summed E-state index contributed by atoms with van der Waals surface area (Å²) in [6, 6.07) is 0. The third-order valence-corrected chi connectivity index (χ3v) is 28.3. The molecule has 596 valence electrons. The molecule has 0 aromatic carbocycles. The molecular formula is C82H123I2NO21. The van der Waals surface area contributed by atoms with Gasteiger partial charge in [-0.05, 0) is 148 Å². The van der Waals surface area contributed by atoms with Gasteiger partial charge in [0.25, 0.3) is 0 Å². The SMILES string of the molecule is C.C=C1C[C@@H]2CC[C@@]34C[C@H]5OC6C(O3)[C@H]3O[C@H](CC[C@@H]3O[C@H]6[C@H]5O4)CC(=O)C[C@@H]3[C@@H](C)[C@@H](C[C@H](O)CN)O[C@H]3C[C@H]3O[C@@H](CC[C@@H]1O2)C[C@@H](C)C3=C.C=C1C[C@@H]2CC[C@@]34C[C@H]5OC6C(O3)[C@H]3O[C@H](CC[C@@H]3O[C@H]6[C@H]5O4)CC(=O)C[C@@H]3[C@@H](C)[C@@H](C[C@H](O)CO)O[C@H]3C[C@H]3O[C@@H](CC[C@@H]1O2)C[C@@H](C)C3=C.ICI. The molecule has 20 aliphatic heterocycles. The summed E-state index contributed by atoms with van der Waals surface area (Å²) < 4.78 is 109. The van der Waals surface area contributed by atoms with Gasteiger partial charge in [0.1, 0.15) is 72.6 Å². The minimum Gasteiger partial charge on any atom is -0.394 e. The van der Waals surface area contributed by atoms with Crippen molar-refractivity contribution >= 4 is 56.7 Å². The number of aliphatic hydroxyl groups is 3. The maximum absolute atomic E-state index is 14.0. The van der Waals surface area contributed by atoms with Crippen LogP contribution in [0.15, 0.2) is 48.6 Å². The number of halogens is 2. The van der Waals surface area contributed by atoms with Crippen LogP contribution >= 0.6 is 45.2 Å². The van der Waals surface area contributed by atoms with E-state index in [1.54, 1.807) is 0 Å². The van der Waals surface area contributed by atoms with E-state index in [0.717, 1.165) is 112 Å². The number of Topliss-reactive ketones (excluding diaryl/α,β-unsaturated/α-hetero) is 2. The Morgan fingerprint density at radius 1 is 0.425 bits per heavy atom. The monoisotopic (exact) mass is 1710 g/mol. The lowest BCUT2D eigenvalue weighted by Crippen LogP contribution is -2.61. The van der Waals surface area contributed by atoms with Gasteiger partial charge in [-0.3, -0.25) is 9.59 Å². The predicted octanol–water partition coefficient (Wildman–Crippen LogP) is 10.6. The van der Waals surface area contributed by atoms with Crippen LogP contribution in [0.1, 0.15) is 202 Å². The van der Waals surface area contributed by atoms with E-state index in [1.807, 2.05) is 0 Å². The van der Waals surface area contributed by atoms with E-state index in [4.69, 9.17) is 81.5 Å². The molecule has 24 bridgehead atoms. The molecule has 20 heterocycles. The van der Waals surface area contributed by atoms with E-state index in [9.17, 15) is 24.9 Å². The van der Waals surface area contributed by atoms with E-state index < -0.39 is 23.8 Å². The fraction of sp³-hybridized carbons (Fsp3) is 0.878. The van der Waals surface area contributed by atoms with Crippen LogP contribution in [0.25, 0.3) is 0 Å². The van der Waals surface area contributed by atoms with Gasteiger partial charge in [-0.1, -0.05) is 107 Å². The van der Waals surface area contributed by atoms with Gasteiger partial charge in [0.05, 0.1) is 131 Å². The summed E-state index contributed by atoms with van der Waals surface area (Å²) >= 11 is 4.55. The summed E-state index contributed by atoms with van der Waals surface area (Å²) in [6.45, 7) is 26.4. The highest BCUT2D eigenvalue weighted by atomic mass is 127. The van der Waals surface area contributed by atoms with Gasteiger partial charge in [-0.15, -0.1) is 0 Å². The maximum Gasteiger partial charge on any atom is 0.172 e. The second-order valence-corrected chi connectivity index (χ2v) is 39.7. The first-order valence-corrected chi connectivity index (χ1v) is 43.7. The van der Waals surface area contributed by atoms with Crippen molar-refractivity contribution in [2.75, 3.05) is 15.6 Å². The Bertz CT molecular complexity index is 2950. The standard InChI is InChI=1S/C40H59NO10.C40H58O11.CH2I2.CH4/c2*1-19-11-25-5-7-29-20(2)12-27(44-29)9-10-40-17-34-36(50-40)37-38(49-34)39(51-40)35-30(48-37)8-6-26(46-35)13-23(42)14-28-22(4)31(15-24(43)18-41)47-33(28)16-32(45-25)21(19)3;2-1-3;/h19,22,24-39,43H,2-3,5-18,41H2,1,4H3;19,22,24-39,41,43H,2-3,5-18H2,1,4H3;1H2;1H4/t2*19-,22-,24+,25+,26-,27+,28-,29+,30+,31-,32-,33+,34-,35+,36+,37+,38?,39?,40+;;/m11../s1. The summed E-state index contributed by atoms with van der Waals surface area (Å²) in [5.41, 5.74) is 10.3. The lowest BCUT2D eigenvalue weighted by atomic mass is 9.78. The number of alkyl halides is 2. The number of carbonyl (C=O) groups is 2. The summed E-state index contributed by atoms with van der Waals surface area (Å²) in [7, 11) is 0. The smallest absolute Gasteiger partial charge is 0.172 e. The molecule has 22 nitrogen and oxygen atoms in total. The molecule has 24 heteroatoms. The van der Waals surface area contributed by atoms with Gasteiger partial charge in [0.2, 0.25) is 0 Å². The highest BCUT2D eigenvalue weighted by molar-refractivity contribution is 14.2. The lowest BCUT2D eigenvalue weighted by molar-refractivity contribution is -0.292. The minimum atomic E-state index is -0.872. The maximum atomic E-state index is 14.0. The van der Waals surface area contributed by atoms with Gasteiger partial charge in [-0.25, -0.2) is 0 Å². The van der Waals surface area contributed by atoms with E-state index in [0.29, 0.717) is 88.9 Å². The average molecular weight is 1710 g/mol. The van der Waals surface area contributed by atoms with Crippen LogP contribution in [0.4, 0.5) is 0 Å². The average Bonchev–Trinajstić information content (AvgIpc) is 1.55. The first kappa shape index (κ1) is 80.2. The van der Waals surface area contributed by atoms with Gasteiger partial charge in [-0.2, -0.15) is 0 Å². The molecule has 5 N–H and O–H groups in total. The number of ketones is 2. The second kappa shape index (κ2) is 33.3. The second-order valence-electron chi connectivity index (χ2n) is 35.2. The van der Waals surface area contributed by atoms with Crippen LogP contribution in [0.3, 0.4) is 0 Å². The predicted molar refractivity (Wildman–Crippen MR) is 407 cm³/mol. The van der Waals surface area contributed by atoms with E-state index in [1.165, 1.54) is 2.43 Å². The van der Waals surface area contributed by atoms with Crippen molar-refractivity contribution in [3.63, 3.8) is 0 Å². The van der Waals surface area contributed by atoms with Gasteiger partial charge in [0, 0.05) is 83.6 Å². The highest BCUT2D eigenvalue weighted by Crippen LogP contribution is 2.58. The Hall–Kier alpha value is -1.04. The molecule has 106 heavy (non-hydrogen) atoms. The first-order valence-electron chi connectivity index (χ1n) is 40.7. The first-order chi connectivity index (χ1) is 50.5. The molecule has 20 fully saturated rings. The minimum absolute atomic E-state index is 0. The molecule has 0 aliphatic carbocycles. The molecule has 20 aliphatic rings. The molecule has 2 spiro atoms. The molecule has 0 aromatic heterocycles. The van der Waals surface area contributed by atoms with E-state index in [-0.39, 0.29) is 227 Å². The molecule has 0 radical (unpaired) electrons. The Morgan fingerprint density at radius 2 is 0.802 bits per heavy atom. The van der Waals surface area contributed by atoms with Gasteiger partial charge >= 0.3 is 0 Å². The summed E-state index contributed by atoms with van der Waals surface area (Å²) in [5.74, 6) is -0.589. The van der Waals surface area contributed by atoms with Crippen LogP contribution in [0, 0.1) is 35.5 Å². The Morgan fingerprint density at radius 3 is 1.23 bits per heavy atom. The zero-order chi connectivity index (χ0) is 73.1. The summed E-state index contributed by atoms with van der Waals surface area (Å²) in [4.78, 5) is 28.0. The zero-order valence-corrected chi connectivity index (χ0v) is 66.5. The number of fused-ring (bicyclic) bond motifs is 12. The Labute approximate surface area is 655 Å². The number of hydrogen-bond donors (Lipinski definition) is 4. The number of aliphatic hydroxyl groups excluding tert-OH is 3.